The highest BCUT2D eigenvalue weighted by molar-refractivity contribution is 6.69. The minimum absolute atomic E-state index is 0.0118. The molecule has 0 aliphatic carbocycles. The first kappa shape index (κ1) is 17.2. The van der Waals surface area contributed by atoms with Crippen LogP contribution in [0.1, 0.15) is 41.0 Å². The second-order valence-electron chi connectivity index (χ2n) is 3.89. The largest absolute Gasteiger partial charge is 0.280 e. The Kier molecular flexibility index (Phi) is 6.76. The number of halogens is 3. The molecule has 1 amide bonds. The van der Waals surface area contributed by atoms with E-state index in [9.17, 15) is 9.59 Å². The van der Waals surface area contributed by atoms with Crippen LogP contribution in [0.25, 0.3) is 0 Å². The maximum Gasteiger partial charge on any atom is 0.280 e. The van der Waals surface area contributed by atoms with Crippen LogP contribution in [-0.4, -0.2) is 29.4 Å². The van der Waals surface area contributed by atoms with Gasteiger partial charge in [-0.3, -0.25) is 14.4 Å². The van der Waals surface area contributed by atoms with Crippen LogP contribution >= 0.6 is 34.8 Å². The Hall–Kier alpha value is -0.810. The summed E-state index contributed by atoms with van der Waals surface area (Å²) in [5, 5.41) is 0.471. The summed E-state index contributed by atoms with van der Waals surface area (Å²) in [5.74, 6) is -0.504. The van der Waals surface area contributed by atoms with Gasteiger partial charge in [-0.2, -0.15) is 0 Å². The Balaban J connectivity index is 3.20. The average molecular weight is 339 g/mol. The van der Waals surface area contributed by atoms with Crippen molar-refractivity contribution in [1.29, 1.82) is 0 Å². The molecule has 0 radical (unpaired) electrons. The summed E-state index contributed by atoms with van der Waals surface area (Å²) in [6.07, 6.45) is 0.755. The molecule has 0 aromatic heterocycles. The van der Waals surface area contributed by atoms with Crippen molar-refractivity contribution >= 4 is 46.0 Å². The quantitative estimate of drug-likeness (QED) is 0.577. The number of carbonyl (C=O) groups excluding carboxylic acids is 2. The second-order valence-corrected chi connectivity index (χ2v) is 5.02. The molecular weight excluding hydrogens is 325 g/mol. The van der Waals surface area contributed by atoms with Gasteiger partial charge in [0.1, 0.15) is 0 Å². The minimum atomic E-state index is -0.752. The van der Waals surface area contributed by atoms with Crippen LogP contribution in [0.2, 0.25) is 10.0 Å². The lowest BCUT2D eigenvalue weighted by Crippen LogP contribution is -2.32. The summed E-state index contributed by atoms with van der Waals surface area (Å²) in [6.45, 7) is 4.39. The predicted molar refractivity (Wildman–Crippen MR) is 79.6 cm³/mol. The van der Waals surface area contributed by atoms with E-state index in [0.717, 1.165) is 11.5 Å². The molecule has 0 unspecified atom stereocenters. The fourth-order valence-corrected chi connectivity index (χ4v) is 2.34. The molecule has 0 N–H and O–H groups in total. The molecule has 0 fully saturated rings. The standard InChI is InChI=1S/C13H14Cl3NO3/c1-3-7-20-17(4-2)13(19)10-9(14)6-5-8(11(10)15)12(16)18/h5-6H,3-4,7H2,1-2H3. The molecule has 0 saturated heterocycles. The Bertz CT molecular complexity index is 520. The maximum atomic E-state index is 12.4. The van der Waals surface area contributed by atoms with E-state index in [1.807, 2.05) is 6.92 Å². The number of benzene rings is 1. The molecule has 0 bridgehead atoms. The molecule has 0 aliphatic rings. The van der Waals surface area contributed by atoms with Crippen molar-refractivity contribution in [3.63, 3.8) is 0 Å². The van der Waals surface area contributed by atoms with Gasteiger partial charge in [0.2, 0.25) is 0 Å². The summed E-state index contributed by atoms with van der Waals surface area (Å²) in [6, 6.07) is 2.78. The van der Waals surface area contributed by atoms with E-state index in [4.69, 9.17) is 39.6 Å². The van der Waals surface area contributed by atoms with Crippen LogP contribution in [0.4, 0.5) is 0 Å². The fourth-order valence-electron chi connectivity index (χ4n) is 1.52. The van der Waals surface area contributed by atoms with Crippen LogP contribution in [0.15, 0.2) is 12.1 Å². The SMILES string of the molecule is CCCON(CC)C(=O)c1c(Cl)ccc(C(=O)Cl)c1Cl. The smallest absolute Gasteiger partial charge is 0.276 e. The monoisotopic (exact) mass is 337 g/mol. The van der Waals surface area contributed by atoms with Crippen molar-refractivity contribution in [2.45, 2.75) is 20.3 Å². The molecule has 110 valence electrons. The third kappa shape index (κ3) is 3.85. The van der Waals surface area contributed by atoms with Gasteiger partial charge in [0.05, 0.1) is 27.8 Å². The molecule has 1 rings (SSSR count). The fraction of sp³-hybridized carbons (Fsp3) is 0.385. The van der Waals surface area contributed by atoms with E-state index in [2.05, 4.69) is 0 Å². The molecule has 0 spiro atoms. The molecule has 1 aromatic carbocycles. The van der Waals surface area contributed by atoms with Gasteiger partial charge in [-0.1, -0.05) is 30.1 Å². The number of carbonyl (C=O) groups is 2. The highest BCUT2D eigenvalue weighted by Gasteiger charge is 2.24. The third-order valence-corrected chi connectivity index (χ3v) is 3.39. The third-order valence-electron chi connectivity index (χ3n) is 2.48. The number of hydrogen-bond donors (Lipinski definition) is 0. The molecule has 1 aromatic rings. The van der Waals surface area contributed by atoms with Crippen LogP contribution in [0, 0.1) is 0 Å². The Morgan fingerprint density at radius 3 is 2.40 bits per heavy atom. The van der Waals surface area contributed by atoms with Crippen LogP contribution in [0.5, 0.6) is 0 Å². The summed E-state index contributed by atoms with van der Waals surface area (Å²) in [4.78, 5) is 28.9. The molecule has 0 heterocycles. The van der Waals surface area contributed by atoms with Gasteiger partial charge in [0, 0.05) is 6.54 Å². The number of nitrogens with zero attached hydrogens (tertiary/aromatic N) is 1. The Morgan fingerprint density at radius 1 is 1.25 bits per heavy atom. The van der Waals surface area contributed by atoms with Crippen LogP contribution < -0.4 is 0 Å². The first-order valence-corrected chi connectivity index (χ1v) is 7.20. The van der Waals surface area contributed by atoms with Gasteiger partial charge >= 0.3 is 0 Å². The summed E-state index contributed by atoms with van der Waals surface area (Å²) < 4.78 is 0. The zero-order valence-corrected chi connectivity index (χ0v) is 13.3. The Labute approximate surface area is 132 Å². The zero-order chi connectivity index (χ0) is 15.3. The lowest BCUT2D eigenvalue weighted by Gasteiger charge is -2.21. The highest BCUT2D eigenvalue weighted by atomic mass is 35.5. The Morgan fingerprint density at radius 2 is 1.90 bits per heavy atom. The van der Waals surface area contributed by atoms with Gasteiger partial charge in [-0.15, -0.1) is 0 Å². The van der Waals surface area contributed by atoms with Gasteiger partial charge < -0.3 is 0 Å². The van der Waals surface area contributed by atoms with Crippen molar-refractivity contribution in [3.8, 4) is 0 Å². The molecule has 20 heavy (non-hydrogen) atoms. The van der Waals surface area contributed by atoms with E-state index < -0.39 is 11.1 Å². The van der Waals surface area contributed by atoms with Crippen molar-refractivity contribution < 1.29 is 14.4 Å². The van der Waals surface area contributed by atoms with E-state index >= 15 is 0 Å². The zero-order valence-electron chi connectivity index (χ0n) is 11.1. The minimum Gasteiger partial charge on any atom is -0.276 e. The van der Waals surface area contributed by atoms with Crippen molar-refractivity contribution in [1.82, 2.24) is 5.06 Å². The molecule has 0 saturated carbocycles. The van der Waals surface area contributed by atoms with Gasteiger partial charge in [-0.25, -0.2) is 5.06 Å². The normalized spacial score (nSPS) is 10.4. The first-order chi connectivity index (χ1) is 9.43. The topological polar surface area (TPSA) is 46.6 Å². The maximum absolute atomic E-state index is 12.4. The lowest BCUT2D eigenvalue weighted by atomic mass is 10.1. The van der Waals surface area contributed by atoms with E-state index in [1.54, 1.807) is 6.92 Å². The summed E-state index contributed by atoms with van der Waals surface area (Å²) >= 11 is 17.5. The van der Waals surface area contributed by atoms with Gasteiger partial charge in [0.15, 0.2) is 0 Å². The van der Waals surface area contributed by atoms with E-state index in [0.29, 0.717) is 13.2 Å². The number of amides is 1. The number of rotatable bonds is 6. The molecule has 0 aliphatic heterocycles. The van der Waals surface area contributed by atoms with Crippen LogP contribution in [-0.2, 0) is 4.84 Å². The summed E-state index contributed by atoms with van der Waals surface area (Å²) in [7, 11) is 0. The second kappa shape index (κ2) is 7.84. The lowest BCUT2D eigenvalue weighted by molar-refractivity contribution is -0.120. The molecule has 4 nitrogen and oxygen atoms in total. The number of hydrogen-bond acceptors (Lipinski definition) is 3. The first-order valence-electron chi connectivity index (χ1n) is 6.06. The van der Waals surface area contributed by atoms with Crippen molar-refractivity contribution in [3.05, 3.63) is 33.3 Å². The highest BCUT2D eigenvalue weighted by Crippen LogP contribution is 2.30. The average Bonchev–Trinajstić information content (AvgIpc) is 2.39. The van der Waals surface area contributed by atoms with Crippen molar-refractivity contribution in [2.24, 2.45) is 0 Å². The van der Waals surface area contributed by atoms with Gasteiger partial charge in [0.25, 0.3) is 11.1 Å². The molecule has 0 atom stereocenters. The van der Waals surface area contributed by atoms with Crippen molar-refractivity contribution in [2.75, 3.05) is 13.2 Å². The van der Waals surface area contributed by atoms with E-state index in [-0.39, 0.29) is 21.2 Å². The summed E-state index contributed by atoms with van der Waals surface area (Å²) in [5.41, 5.74) is 0.0467. The molecular formula is C13H14Cl3NO3. The number of hydroxylamine groups is 2. The predicted octanol–water partition coefficient (Wildman–Crippen LogP) is 4.18. The van der Waals surface area contributed by atoms with Gasteiger partial charge in [-0.05, 0) is 37.1 Å². The molecule has 7 heteroatoms. The van der Waals surface area contributed by atoms with E-state index in [1.165, 1.54) is 12.1 Å². The van der Waals surface area contributed by atoms with Crippen LogP contribution in [0.3, 0.4) is 0 Å².